The Morgan fingerprint density at radius 2 is 1.78 bits per heavy atom. The van der Waals surface area contributed by atoms with Gasteiger partial charge < -0.3 is 25.6 Å². The summed E-state index contributed by atoms with van der Waals surface area (Å²) in [5.74, 6) is 1.18. The molecule has 7 aliphatic rings. The number of amides is 2. The molecule has 0 spiro atoms. The summed E-state index contributed by atoms with van der Waals surface area (Å²) in [6.07, 6.45) is 11.3. The number of hydrogen-bond acceptors (Lipinski definition) is 7. The monoisotopic (exact) mass is 706 g/mol. The third-order valence-corrected chi connectivity index (χ3v) is 15.1. The van der Waals surface area contributed by atoms with Crippen molar-refractivity contribution < 1.29 is 33.8 Å². The summed E-state index contributed by atoms with van der Waals surface area (Å²) in [5.41, 5.74) is 0.307. The predicted octanol–water partition coefficient (Wildman–Crippen LogP) is 5.42. The van der Waals surface area contributed by atoms with E-state index in [0.717, 1.165) is 38.5 Å². The van der Waals surface area contributed by atoms with Crippen LogP contribution in [-0.4, -0.2) is 90.5 Å². The summed E-state index contributed by atoms with van der Waals surface area (Å²) in [7, 11) is 1.74. The largest absolute Gasteiger partial charge is 0.394 e. The number of rotatable bonds is 12. The highest BCUT2D eigenvalue weighted by Crippen LogP contribution is 2.61. The van der Waals surface area contributed by atoms with E-state index in [2.05, 4.69) is 31.4 Å². The lowest BCUT2D eigenvalue weighted by Gasteiger charge is -2.62. The first-order valence-corrected chi connectivity index (χ1v) is 20.4. The second-order valence-corrected chi connectivity index (χ2v) is 18.1. The van der Waals surface area contributed by atoms with Crippen molar-refractivity contribution in [2.24, 2.45) is 58.7 Å². The fraction of sp³-hybridized carbons (Fsp3) is 0.950. The van der Waals surface area contributed by atoms with Crippen molar-refractivity contribution in [2.45, 2.75) is 154 Å². The highest BCUT2D eigenvalue weighted by Gasteiger charge is 2.58. The van der Waals surface area contributed by atoms with Gasteiger partial charge in [-0.1, -0.05) is 59.3 Å². The van der Waals surface area contributed by atoms with Crippen LogP contribution >= 0.6 is 0 Å². The number of carbonyl (C=O) groups is 2. The third kappa shape index (κ3) is 7.81. The minimum Gasteiger partial charge on any atom is -0.394 e. The number of methoxy groups -OCH3 is 1. The molecule has 7 fully saturated rings. The predicted molar refractivity (Wildman–Crippen MR) is 190 cm³/mol. The molecule has 286 valence electrons. The zero-order chi connectivity index (χ0) is 35.7. The number of fused-ring (bicyclic) bond motifs is 2. The normalized spacial score (nSPS) is 42.8. The zero-order valence-corrected chi connectivity index (χ0v) is 31.5. The molecule has 50 heavy (non-hydrogen) atoms. The lowest BCUT2D eigenvalue weighted by Crippen LogP contribution is -2.62. The summed E-state index contributed by atoms with van der Waals surface area (Å²) in [5, 5.41) is 29.4. The van der Waals surface area contributed by atoms with Crippen molar-refractivity contribution in [3.05, 3.63) is 0 Å². The van der Waals surface area contributed by atoms with Gasteiger partial charge in [0.1, 0.15) is 18.3 Å². The van der Waals surface area contributed by atoms with Crippen LogP contribution in [-0.2, 0) is 19.2 Å². The second kappa shape index (κ2) is 16.4. The van der Waals surface area contributed by atoms with Crippen molar-refractivity contribution in [1.29, 1.82) is 0 Å². The zero-order valence-electron chi connectivity index (χ0n) is 31.5. The molecule has 6 saturated carbocycles. The number of carbonyl (C=O) groups excluding carboxylic acids is 2. The molecule has 0 aromatic rings. The Morgan fingerprint density at radius 1 is 1.02 bits per heavy atom. The van der Waals surface area contributed by atoms with E-state index < -0.39 is 36.3 Å². The molecule has 9 nitrogen and oxygen atoms in total. The first-order valence-electron chi connectivity index (χ1n) is 20.4. The van der Waals surface area contributed by atoms with Crippen LogP contribution < -0.4 is 10.6 Å². The quantitative estimate of drug-likeness (QED) is 0.214. The number of aliphatic hydroxyl groups is 2. The van der Waals surface area contributed by atoms with E-state index in [1.807, 2.05) is 0 Å². The van der Waals surface area contributed by atoms with Gasteiger partial charge in [-0.2, -0.15) is 5.06 Å². The molecule has 4 N–H and O–H groups in total. The number of nitrogens with one attached hydrogen (secondary N) is 2. The van der Waals surface area contributed by atoms with Crippen molar-refractivity contribution in [3.63, 3.8) is 0 Å². The Kier molecular flexibility index (Phi) is 12.6. The molecule has 6 unspecified atom stereocenters. The van der Waals surface area contributed by atoms with Crippen LogP contribution in [0.25, 0.3) is 0 Å². The van der Waals surface area contributed by atoms with Crippen LogP contribution in [0.15, 0.2) is 0 Å². The maximum Gasteiger partial charge on any atom is 0.240 e. The van der Waals surface area contributed by atoms with Crippen LogP contribution in [0.2, 0.25) is 0 Å². The minimum absolute atomic E-state index is 0.0501. The molecule has 1 saturated heterocycles. The van der Waals surface area contributed by atoms with Crippen LogP contribution in [0.4, 0.5) is 4.39 Å². The summed E-state index contributed by atoms with van der Waals surface area (Å²) in [6.45, 7) is 9.42. The number of nitrogens with zero attached hydrogens (tertiary/aromatic N) is 1. The van der Waals surface area contributed by atoms with Gasteiger partial charge in [0, 0.05) is 38.1 Å². The summed E-state index contributed by atoms with van der Waals surface area (Å²) in [6, 6.07) is -0.648. The Morgan fingerprint density at radius 3 is 2.44 bits per heavy atom. The van der Waals surface area contributed by atoms with Gasteiger partial charge in [0.25, 0.3) is 0 Å². The van der Waals surface area contributed by atoms with Gasteiger partial charge in [0.15, 0.2) is 0 Å². The molecular weight excluding hydrogens is 637 g/mol. The average molecular weight is 706 g/mol. The first-order chi connectivity index (χ1) is 23.9. The van der Waals surface area contributed by atoms with E-state index in [0.29, 0.717) is 55.0 Å². The SMILES string of the molecule is COC1C(CN2O[C@@H](CO)[C@H]([C@H](C)O)[C@H]2C(=O)N[C@@H]2C[C@H]3C[C@@H]([C@@H]2C)C3(C)C)CCCC1C1CCC(F)C(C(=O)NCCC2CCCCC2)C1. The Balaban J connectivity index is 1.10. The molecule has 2 amide bonds. The molecule has 0 radical (unpaired) electrons. The fourth-order valence-corrected chi connectivity index (χ4v) is 11.9. The van der Waals surface area contributed by atoms with E-state index in [1.165, 1.54) is 38.5 Å². The highest BCUT2D eigenvalue weighted by molar-refractivity contribution is 5.83. The van der Waals surface area contributed by atoms with Gasteiger partial charge in [-0.25, -0.2) is 4.39 Å². The maximum absolute atomic E-state index is 15.3. The lowest BCUT2D eigenvalue weighted by atomic mass is 9.45. The van der Waals surface area contributed by atoms with E-state index in [1.54, 1.807) is 19.1 Å². The number of halogens is 1. The highest BCUT2D eigenvalue weighted by atomic mass is 19.1. The van der Waals surface area contributed by atoms with Gasteiger partial charge in [0.05, 0.1) is 24.7 Å². The lowest BCUT2D eigenvalue weighted by molar-refractivity contribution is -0.193. The standard InChI is InChI=1S/C40H68FN3O6/c1-23-31-19-28(40(31,3)4)20-33(23)43-39(48)36-35(24(2)46)34(22-45)50-44(36)21-27-12-9-13-29(37(27)49-5)26-14-15-32(41)30(18-26)38(47)42-17-16-25-10-7-6-8-11-25/h23-37,45-46H,6-22H2,1-5H3,(H,42,47)(H,43,48)/t23-,24-,26?,27?,28+,29?,30?,31-,32?,33+,34-,35-,36-,37?/m0/s1. The van der Waals surface area contributed by atoms with E-state index in [9.17, 15) is 19.8 Å². The summed E-state index contributed by atoms with van der Waals surface area (Å²) < 4.78 is 21.6. The Labute approximate surface area is 300 Å². The van der Waals surface area contributed by atoms with Crippen LogP contribution in [0, 0.1) is 58.7 Å². The van der Waals surface area contributed by atoms with Crippen molar-refractivity contribution in [3.8, 4) is 0 Å². The van der Waals surface area contributed by atoms with E-state index in [-0.39, 0.29) is 48.3 Å². The average Bonchev–Trinajstić information content (AvgIpc) is 3.48. The molecule has 14 atom stereocenters. The van der Waals surface area contributed by atoms with Gasteiger partial charge in [-0.05, 0) is 99.2 Å². The second-order valence-electron chi connectivity index (χ2n) is 18.1. The molecule has 0 aromatic heterocycles. The molecule has 7 rings (SSSR count). The minimum atomic E-state index is -1.12. The molecule has 6 aliphatic carbocycles. The summed E-state index contributed by atoms with van der Waals surface area (Å²) >= 11 is 0. The first kappa shape index (κ1) is 38.4. The molecular formula is C40H68FN3O6. The van der Waals surface area contributed by atoms with E-state index >= 15 is 4.39 Å². The number of hydrogen-bond donors (Lipinski definition) is 4. The molecule has 1 aliphatic heterocycles. The fourth-order valence-electron chi connectivity index (χ4n) is 11.9. The van der Waals surface area contributed by atoms with Crippen LogP contribution in [0.3, 0.4) is 0 Å². The number of alkyl halides is 1. The topological polar surface area (TPSA) is 120 Å². The molecule has 2 bridgehead atoms. The Bertz CT molecular complexity index is 1150. The smallest absolute Gasteiger partial charge is 0.240 e. The van der Waals surface area contributed by atoms with Gasteiger partial charge in [0.2, 0.25) is 11.8 Å². The van der Waals surface area contributed by atoms with Crippen molar-refractivity contribution in [1.82, 2.24) is 15.7 Å². The molecule has 1 heterocycles. The van der Waals surface area contributed by atoms with Crippen molar-refractivity contribution in [2.75, 3.05) is 26.8 Å². The number of hydroxylamine groups is 2. The number of ether oxygens (including phenoxy) is 1. The third-order valence-electron chi connectivity index (χ3n) is 15.1. The molecule has 10 heteroatoms. The number of aliphatic hydroxyl groups excluding tert-OH is 2. The summed E-state index contributed by atoms with van der Waals surface area (Å²) in [4.78, 5) is 33.8. The van der Waals surface area contributed by atoms with Crippen LogP contribution in [0.1, 0.15) is 118 Å². The maximum atomic E-state index is 15.3. The Hall–Kier alpha value is -1.33. The van der Waals surface area contributed by atoms with Crippen molar-refractivity contribution >= 4 is 11.8 Å². The van der Waals surface area contributed by atoms with Crippen LogP contribution in [0.5, 0.6) is 0 Å². The van der Waals surface area contributed by atoms with Gasteiger partial charge in [-0.15, -0.1) is 0 Å². The molecule has 0 aromatic carbocycles. The van der Waals surface area contributed by atoms with Gasteiger partial charge >= 0.3 is 0 Å². The van der Waals surface area contributed by atoms with Gasteiger partial charge in [-0.3, -0.25) is 14.4 Å². The van der Waals surface area contributed by atoms with E-state index in [4.69, 9.17) is 9.57 Å².